The topological polar surface area (TPSA) is 97.1 Å². The number of rotatable bonds is 3. The van der Waals surface area contributed by atoms with Crippen LogP contribution in [-0.4, -0.2) is 28.3 Å². The maximum absolute atomic E-state index is 13.7. The molecule has 1 unspecified atom stereocenters. The summed E-state index contributed by atoms with van der Waals surface area (Å²) in [5, 5.41) is 9.27. The van der Waals surface area contributed by atoms with Gasteiger partial charge in [-0.2, -0.15) is 5.26 Å². The van der Waals surface area contributed by atoms with Gasteiger partial charge in [-0.3, -0.25) is 13.9 Å². The minimum absolute atomic E-state index is 0.00528. The van der Waals surface area contributed by atoms with E-state index in [4.69, 9.17) is 5.73 Å². The smallest absolute Gasteiger partial charge is 0.332 e. The van der Waals surface area contributed by atoms with Gasteiger partial charge in [0.15, 0.2) is 0 Å². The van der Waals surface area contributed by atoms with E-state index in [-0.39, 0.29) is 18.2 Å². The van der Waals surface area contributed by atoms with Gasteiger partial charge in [-0.1, -0.05) is 0 Å². The lowest BCUT2D eigenvalue weighted by molar-refractivity contribution is 0.491. The fourth-order valence-corrected chi connectivity index (χ4v) is 3.26. The third-order valence-electron chi connectivity index (χ3n) is 4.68. The van der Waals surface area contributed by atoms with Crippen LogP contribution >= 0.6 is 0 Å². The molecule has 2 heterocycles. The fourth-order valence-electron chi connectivity index (χ4n) is 3.26. The summed E-state index contributed by atoms with van der Waals surface area (Å²) in [5.41, 5.74) is 5.77. The maximum atomic E-state index is 13.7. The van der Waals surface area contributed by atoms with Gasteiger partial charge in [-0.25, -0.2) is 9.18 Å². The molecule has 0 bridgehead atoms. The molecule has 7 nitrogen and oxygen atoms in total. The van der Waals surface area contributed by atoms with Crippen LogP contribution < -0.4 is 21.9 Å². The maximum Gasteiger partial charge on any atom is 0.332 e. The van der Waals surface area contributed by atoms with Crippen molar-refractivity contribution in [3.8, 4) is 6.07 Å². The Morgan fingerprint density at radius 1 is 1.35 bits per heavy atom. The summed E-state index contributed by atoms with van der Waals surface area (Å²) < 4.78 is 16.1. The molecule has 26 heavy (non-hydrogen) atoms. The number of benzene rings is 1. The lowest BCUT2D eigenvalue weighted by Crippen LogP contribution is -2.47. The van der Waals surface area contributed by atoms with Crippen molar-refractivity contribution < 1.29 is 4.39 Å². The van der Waals surface area contributed by atoms with Crippen LogP contribution in [0.1, 0.15) is 24.0 Å². The van der Waals surface area contributed by atoms with E-state index in [0.717, 1.165) is 17.4 Å². The van der Waals surface area contributed by atoms with E-state index in [0.29, 0.717) is 24.5 Å². The Bertz CT molecular complexity index is 989. The number of hydrogen-bond donors (Lipinski definition) is 1. The molecule has 136 valence electrons. The molecular weight excluding hydrogens is 337 g/mol. The molecule has 1 fully saturated rings. The molecule has 8 heteroatoms. The van der Waals surface area contributed by atoms with Gasteiger partial charge in [-0.15, -0.1) is 0 Å². The van der Waals surface area contributed by atoms with Crippen molar-refractivity contribution in [2.75, 3.05) is 18.0 Å². The van der Waals surface area contributed by atoms with Gasteiger partial charge in [0, 0.05) is 32.2 Å². The quantitative estimate of drug-likeness (QED) is 0.864. The molecule has 1 aromatic carbocycles. The Hall–Kier alpha value is -2.92. The number of hydrogen-bond acceptors (Lipinski definition) is 5. The van der Waals surface area contributed by atoms with Crippen LogP contribution in [0.5, 0.6) is 0 Å². The van der Waals surface area contributed by atoms with Crippen LogP contribution in [0.2, 0.25) is 0 Å². The van der Waals surface area contributed by atoms with E-state index in [1.54, 1.807) is 0 Å². The molecule has 1 atom stereocenters. The highest BCUT2D eigenvalue weighted by atomic mass is 19.1. The predicted molar refractivity (Wildman–Crippen MR) is 95.6 cm³/mol. The third-order valence-corrected chi connectivity index (χ3v) is 4.68. The van der Waals surface area contributed by atoms with Gasteiger partial charge in [0.1, 0.15) is 11.6 Å². The first-order valence-corrected chi connectivity index (χ1v) is 8.40. The number of anilines is 1. The van der Waals surface area contributed by atoms with Gasteiger partial charge < -0.3 is 10.6 Å². The van der Waals surface area contributed by atoms with E-state index in [1.165, 1.54) is 35.9 Å². The molecule has 2 aromatic rings. The third kappa shape index (κ3) is 3.39. The molecule has 3 rings (SSSR count). The Morgan fingerprint density at radius 3 is 2.81 bits per heavy atom. The lowest BCUT2D eigenvalue weighted by atomic mass is 10.1. The van der Waals surface area contributed by atoms with E-state index >= 15 is 0 Å². The lowest BCUT2D eigenvalue weighted by Gasteiger charge is -2.34. The van der Waals surface area contributed by atoms with E-state index in [2.05, 4.69) is 0 Å². The van der Waals surface area contributed by atoms with Crippen LogP contribution in [-0.2, 0) is 13.6 Å². The molecule has 1 saturated heterocycles. The van der Waals surface area contributed by atoms with Crippen molar-refractivity contribution in [3.05, 3.63) is 62.0 Å². The number of nitrogens with zero attached hydrogens (tertiary/aromatic N) is 4. The van der Waals surface area contributed by atoms with Crippen LogP contribution in [0.3, 0.4) is 0 Å². The summed E-state index contributed by atoms with van der Waals surface area (Å²) in [6.45, 7) is 1.20. The van der Waals surface area contributed by atoms with Gasteiger partial charge in [-0.05, 0) is 36.6 Å². The second kappa shape index (κ2) is 7.14. The normalized spacial score (nSPS) is 17.2. The molecule has 1 aliphatic rings. The molecule has 0 aliphatic carbocycles. The minimum atomic E-state index is -0.514. The minimum Gasteiger partial charge on any atom is -0.356 e. The van der Waals surface area contributed by atoms with Crippen molar-refractivity contribution in [1.82, 2.24) is 9.13 Å². The molecule has 2 N–H and O–H groups in total. The molecule has 1 aliphatic heterocycles. The highest BCUT2D eigenvalue weighted by Gasteiger charge is 2.22. The average molecular weight is 357 g/mol. The van der Waals surface area contributed by atoms with E-state index in [9.17, 15) is 19.2 Å². The summed E-state index contributed by atoms with van der Waals surface area (Å²) >= 11 is 0. The van der Waals surface area contributed by atoms with Gasteiger partial charge in [0.2, 0.25) is 0 Å². The van der Waals surface area contributed by atoms with Crippen LogP contribution in [0.25, 0.3) is 0 Å². The standard InChI is InChI=1S/C18H20FN5O2/c1-22-17(25)8-16(23-6-2-3-15(21)11-23)24(18(22)26)10-13-7-14(19)5-4-12(13)9-20/h4-5,7-8,15H,2-3,6,10-11,21H2,1H3. The molecule has 0 amide bonds. The Balaban J connectivity index is 2.13. The van der Waals surface area contributed by atoms with Crippen LogP contribution in [0.15, 0.2) is 33.9 Å². The molecular formula is C18H20FN5O2. The zero-order valence-corrected chi connectivity index (χ0v) is 14.5. The highest BCUT2D eigenvalue weighted by molar-refractivity contribution is 5.43. The molecule has 0 spiro atoms. The van der Waals surface area contributed by atoms with Gasteiger partial charge in [0.05, 0.1) is 18.2 Å². The first-order valence-electron chi connectivity index (χ1n) is 8.40. The molecule has 0 saturated carbocycles. The Labute approximate surface area is 149 Å². The average Bonchev–Trinajstić information content (AvgIpc) is 2.62. The Kier molecular flexibility index (Phi) is 4.91. The summed E-state index contributed by atoms with van der Waals surface area (Å²) in [6.07, 6.45) is 1.74. The van der Waals surface area contributed by atoms with Crippen molar-refractivity contribution in [2.24, 2.45) is 12.8 Å². The second-order valence-corrected chi connectivity index (χ2v) is 6.53. The van der Waals surface area contributed by atoms with E-state index in [1.807, 2.05) is 11.0 Å². The zero-order chi connectivity index (χ0) is 18.8. The number of nitrogens with two attached hydrogens (primary N) is 1. The summed E-state index contributed by atoms with van der Waals surface area (Å²) in [7, 11) is 1.39. The molecule has 0 radical (unpaired) electrons. The van der Waals surface area contributed by atoms with Crippen molar-refractivity contribution in [1.29, 1.82) is 5.26 Å². The second-order valence-electron chi connectivity index (χ2n) is 6.53. The predicted octanol–water partition coefficient (Wildman–Crippen LogP) is 0.534. The summed E-state index contributed by atoms with van der Waals surface area (Å²) in [4.78, 5) is 26.8. The van der Waals surface area contributed by atoms with Crippen molar-refractivity contribution in [3.63, 3.8) is 0 Å². The number of piperidine rings is 1. The SMILES string of the molecule is Cn1c(=O)cc(N2CCCC(N)C2)n(Cc2cc(F)ccc2C#N)c1=O. The largest absolute Gasteiger partial charge is 0.356 e. The van der Waals surface area contributed by atoms with Gasteiger partial charge in [0.25, 0.3) is 5.56 Å². The number of halogens is 1. The first-order chi connectivity index (χ1) is 12.4. The van der Waals surface area contributed by atoms with E-state index < -0.39 is 17.1 Å². The number of aromatic nitrogens is 2. The van der Waals surface area contributed by atoms with Gasteiger partial charge >= 0.3 is 5.69 Å². The monoisotopic (exact) mass is 357 g/mol. The number of nitriles is 1. The summed E-state index contributed by atoms with van der Waals surface area (Å²) in [5.74, 6) is -0.0418. The Morgan fingerprint density at radius 2 is 2.12 bits per heavy atom. The van der Waals surface area contributed by atoms with Crippen molar-refractivity contribution >= 4 is 5.82 Å². The zero-order valence-electron chi connectivity index (χ0n) is 14.5. The highest BCUT2D eigenvalue weighted by Crippen LogP contribution is 2.19. The van der Waals surface area contributed by atoms with Crippen molar-refractivity contribution in [2.45, 2.75) is 25.4 Å². The fraction of sp³-hybridized carbons (Fsp3) is 0.389. The summed E-state index contributed by atoms with van der Waals surface area (Å²) in [6, 6.07) is 7.19. The van der Waals surface area contributed by atoms with Crippen LogP contribution in [0, 0.1) is 17.1 Å². The van der Waals surface area contributed by atoms with Crippen LogP contribution in [0.4, 0.5) is 10.2 Å². The molecule has 1 aromatic heterocycles. The first kappa shape index (κ1) is 17.9.